The summed E-state index contributed by atoms with van der Waals surface area (Å²) in [6.45, 7) is 2.20. The first-order valence-corrected chi connectivity index (χ1v) is 4.05. The molecule has 0 nitrogen and oxygen atoms in total. The van der Waals surface area contributed by atoms with Crippen molar-refractivity contribution in [1.29, 1.82) is 0 Å². The van der Waals surface area contributed by atoms with Gasteiger partial charge in [0.2, 0.25) is 0 Å². The SMILES string of the molecule is CC[c-]1ccc2ccccc21.Cl.Cl.[Zr]. The fraction of sp³-hybridized carbons (Fsp3) is 0.182. The van der Waals surface area contributed by atoms with Crippen LogP contribution in [0.1, 0.15) is 12.5 Å². The number of hydrogen-bond acceptors (Lipinski definition) is 0. The van der Waals surface area contributed by atoms with Gasteiger partial charge in [-0.3, -0.25) is 0 Å². The van der Waals surface area contributed by atoms with Crippen LogP contribution in [0.25, 0.3) is 10.8 Å². The molecule has 0 atom stereocenters. The molecule has 0 aromatic heterocycles. The third-order valence-electron chi connectivity index (χ3n) is 2.15. The van der Waals surface area contributed by atoms with Gasteiger partial charge < -0.3 is 0 Å². The molecular formula is C11H13Cl2Zr-. The molecule has 14 heavy (non-hydrogen) atoms. The molecule has 0 aliphatic rings. The van der Waals surface area contributed by atoms with Gasteiger partial charge in [0.1, 0.15) is 0 Å². The van der Waals surface area contributed by atoms with Gasteiger partial charge in [-0.25, -0.2) is 0 Å². The fourth-order valence-corrected chi connectivity index (χ4v) is 1.52. The van der Waals surface area contributed by atoms with Gasteiger partial charge >= 0.3 is 0 Å². The minimum Gasteiger partial charge on any atom is -0.168 e. The maximum absolute atomic E-state index is 2.21. The van der Waals surface area contributed by atoms with E-state index in [1.807, 2.05) is 0 Å². The second kappa shape index (κ2) is 7.57. The van der Waals surface area contributed by atoms with Crippen molar-refractivity contribution in [3.63, 3.8) is 0 Å². The van der Waals surface area contributed by atoms with E-state index in [9.17, 15) is 0 Å². The summed E-state index contributed by atoms with van der Waals surface area (Å²) in [4.78, 5) is 0. The molecular weight excluding hydrogens is 294 g/mol. The Hall–Kier alpha value is 0.293. The Balaban J connectivity index is 0. The monoisotopic (exact) mass is 305 g/mol. The third-order valence-corrected chi connectivity index (χ3v) is 2.15. The van der Waals surface area contributed by atoms with Crippen molar-refractivity contribution in [1.82, 2.24) is 0 Å². The van der Waals surface area contributed by atoms with Crippen LogP contribution in [0, 0.1) is 0 Å². The van der Waals surface area contributed by atoms with Gasteiger partial charge in [-0.2, -0.15) is 6.07 Å². The molecule has 0 N–H and O–H groups in total. The molecule has 0 fully saturated rings. The average Bonchev–Trinajstić information content (AvgIpc) is 2.47. The molecule has 2 aromatic rings. The Morgan fingerprint density at radius 3 is 2.36 bits per heavy atom. The van der Waals surface area contributed by atoms with E-state index >= 15 is 0 Å². The van der Waals surface area contributed by atoms with Crippen LogP contribution in [0.4, 0.5) is 0 Å². The number of fused-ring (bicyclic) bond motifs is 1. The van der Waals surface area contributed by atoms with Gasteiger partial charge in [0.05, 0.1) is 0 Å². The van der Waals surface area contributed by atoms with Crippen molar-refractivity contribution in [3.05, 3.63) is 42.0 Å². The van der Waals surface area contributed by atoms with E-state index in [4.69, 9.17) is 0 Å². The molecule has 76 valence electrons. The van der Waals surface area contributed by atoms with Crippen molar-refractivity contribution in [2.24, 2.45) is 0 Å². The summed E-state index contributed by atoms with van der Waals surface area (Å²) in [6, 6.07) is 12.9. The third kappa shape index (κ3) is 3.15. The van der Waals surface area contributed by atoms with Crippen LogP contribution in [0.5, 0.6) is 0 Å². The molecule has 0 saturated heterocycles. The van der Waals surface area contributed by atoms with Crippen LogP contribution in [0.15, 0.2) is 36.4 Å². The molecule has 2 rings (SSSR count). The van der Waals surface area contributed by atoms with E-state index in [0.717, 1.165) is 6.42 Å². The summed E-state index contributed by atoms with van der Waals surface area (Å²) >= 11 is 0. The van der Waals surface area contributed by atoms with E-state index < -0.39 is 0 Å². The first-order valence-electron chi connectivity index (χ1n) is 4.05. The second-order valence-corrected chi connectivity index (χ2v) is 2.80. The van der Waals surface area contributed by atoms with Crippen molar-refractivity contribution < 1.29 is 26.2 Å². The summed E-state index contributed by atoms with van der Waals surface area (Å²) in [5.74, 6) is 0. The minimum atomic E-state index is 0. The fourth-order valence-electron chi connectivity index (χ4n) is 1.52. The van der Waals surface area contributed by atoms with E-state index in [0.29, 0.717) is 0 Å². The first kappa shape index (κ1) is 16.7. The van der Waals surface area contributed by atoms with Crippen molar-refractivity contribution in [3.8, 4) is 0 Å². The standard InChI is InChI=1S/C11H11.2ClH.Zr/c1-2-9-7-8-10-5-3-4-6-11(9)10;;;/h3-8H,2H2,1H3;2*1H;/q-1;;;. The van der Waals surface area contributed by atoms with Crippen molar-refractivity contribution >= 4 is 35.6 Å². The number of hydrogen-bond donors (Lipinski definition) is 0. The van der Waals surface area contributed by atoms with Gasteiger partial charge in [0.25, 0.3) is 0 Å². The van der Waals surface area contributed by atoms with Crippen molar-refractivity contribution in [2.75, 3.05) is 0 Å². The molecule has 0 amide bonds. The van der Waals surface area contributed by atoms with E-state index in [-0.39, 0.29) is 51.0 Å². The van der Waals surface area contributed by atoms with Crippen LogP contribution in [0.3, 0.4) is 0 Å². The van der Waals surface area contributed by atoms with Crippen molar-refractivity contribution in [2.45, 2.75) is 13.3 Å². The zero-order valence-electron chi connectivity index (χ0n) is 7.99. The molecule has 0 aliphatic carbocycles. The normalized spacial score (nSPS) is 8.36. The second-order valence-electron chi connectivity index (χ2n) is 2.80. The summed E-state index contributed by atoms with van der Waals surface area (Å²) in [7, 11) is 0. The van der Waals surface area contributed by atoms with Gasteiger partial charge in [0, 0.05) is 26.2 Å². The molecule has 0 spiro atoms. The number of halogens is 2. The molecule has 0 unspecified atom stereocenters. The summed E-state index contributed by atoms with van der Waals surface area (Å²) < 4.78 is 0. The van der Waals surface area contributed by atoms with Crippen LogP contribution >= 0.6 is 24.8 Å². The molecule has 3 heteroatoms. The number of benzene rings is 1. The van der Waals surface area contributed by atoms with Crippen LogP contribution in [-0.4, -0.2) is 0 Å². The quantitative estimate of drug-likeness (QED) is 0.700. The van der Waals surface area contributed by atoms with E-state index in [1.165, 1.54) is 16.3 Å². The maximum Gasteiger partial charge on any atom is 0 e. The summed E-state index contributed by atoms with van der Waals surface area (Å²) in [5, 5.41) is 2.78. The van der Waals surface area contributed by atoms with Crippen LogP contribution < -0.4 is 0 Å². The van der Waals surface area contributed by atoms with Crippen LogP contribution in [0.2, 0.25) is 0 Å². The number of aryl methyl sites for hydroxylation is 1. The Kier molecular flexibility index (Phi) is 9.03. The average molecular weight is 307 g/mol. The maximum atomic E-state index is 2.21. The Morgan fingerprint density at radius 2 is 1.71 bits per heavy atom. The van der Waals surface area contributed by atoms with Gasteiger partial charge in [-0.15, -0.1) is 65.4 Å². The zero-order chi connectivity index (χ0) is 7.68. The smallest absolute Gasteiger partial charge is 0 e. The van der Waals surface area contributed by atoms with E-state index in [1.54, 1.807) is 0 Å². The predicted octanol–water partition coefficient (Wildman–Crippen LogP) is 3.96. The van der Waals surface area contributed by atoms with Gasteiger partial charge in [0.15, 0.2) is 0 Å². The van der Waals surface area contributed by atoms with Gasteiger partial charge in [-0.05, 0) is 0 Å². The first-order chi connectivity index (χ1) is 5.42. The molecule has 0 radical (unpaired) electrons. The predicted molar refractivity (Wildman–Crippen MR) is 63.4 cm³/mol. The Bertz CT molecular complexity index is 368. The zero-order valence-corrected chi connectivity index (χ0v) is 12.1. The molecule has 0 bridgehead atoms. The largest absolute Gasteiger partial charge is 0.168 e. The molecule has 0 saturated carbocycles. The van der Waals surface area contributed by atoms with E-state index in [2.05, 4.69) is 43.3 Å². The summed E-state index contributed by atoms with van der Waals surface area (Å²) in [5.41, 5.74) is 1.46. The summed E-state index contributed by atoms with van der Waals surface area (Å²) in [6.07, 6.45) is 1.13. The molecule has 2 aromatic carbocycles. The topological polar surface area (TPSA) is 0 Å². The Morgan fingerprint density at radius 1 is 1.07 bits per heavy atom. The molecule has 0 aliphatic heterocycles. The minimum absolute atomic E-state index is 0. The van der Waals surface area contributed by atoms with Gasteiger partial charge in [-0.1, -0.05) is 19.4 Å². The number of rotatable bonds is 1. The Labute approximate surface area is 116 Å². The van der Waals surface area contributed by atoms with Crippen LogP contribution in [-0.2, 0) is 32.6 Å². The molecule has 0 heterocycles.